The van der Waals surface area contributed by atoms with Gasteiger partial charge in [-0.1, -0.05) is 43.2 Å². The lowest BCUT2D eigenvalue weighted by atomic mass is 9.74. The normalized spacial score (nSPS) is 21.5. The Kier molecular flexibility index (Phi) is 3.08. The standard InChI is InChI=1S/C13H19NO/c14-10-12(15)13(8-4-5-9-13)11-6-2-1-3-7-11/h1-3,6-7,12,15H,4-5,8-10,14H2. The molecule has 0 radical (unpaired) electrons. The quantitative estimate of drug-likeness (QED) is 0.790. The molecule has 2 nitrogen and oxygen atoms in total. The van der Waals surface area contributed by atoms with E-state index in [0.717, 1.165) is 12.8 Å². The highest BCUT2D eigenvalue weighted by Gasteiger charge is 2.41. The second kappa shape index (κ2) is 4.33. The van der Waals surface area contributed by atoms with E-state index in [1.54, 1.807) is 0 Å². The van der Waals surface area contributed by atoms with Crippen molar-refractivity contribution in [1.82, 2.24) is 0 Å². The highest BCUT2D eigenvalue weighted by molar-refractivity contribution is 5.28. The largest absolute Gasteiger partial charge is 0.391 e. The first-order valence-electron chi connectivity index (χ1n) is 5.73. The first kappa shape index (κ1) is 10.7. The van der Waals surface area contributed by atoms with Gasteiger partial charge in [-0.25, -0.2) is 0 Å². The third kappa shape index (κ3) is 1.80. The fourth-order valence-corrected chi connectivity index (χ4v) is 2.82. The molecule has 0 amide bonds. The van der Waals surface area contributed by atoms with Crippen LogP contribution in [0.2, 0.25) is 0 Å². The second-order valence-electron chi connectivity index (χ2n) is 4.48. The van der Waals surface area contributed by atoms with Crippen LogP contribution >= 0.6 is 0 Å². The van der Waals surface area contributed by atoms with Crippen molar-refractivity contribution in [1.29, 1.82) is 0 Å². The van der Waals surface area contributed by atoms with E-state index in [1.165, 1.54) is 18.4 Å². The van der Waals surface area contributed by atoms with E-state index in [-0.39, 0.29) is 5.41 Å². The molecule has 1 unspecified atom stereocenters. The molecule has 0 spiro atoms. The highest BCUT2D eigenvalue weighted by Crippen LogP contribution is 2.43. The second-order valence-corrected chi connectivity index (χ2v) is 4.48. The number of nitrogens with two attached hydrogens (primary N) is 1. The van der Waals surface area contributed by atoms with Crippen LogP contribution in [0.5, 0.6) is 0 Å². The van der Waals surface area contributed by atoms with Crippen LogP contribution in [0, 0.1) is 0 Å². The molecule has 0 saturated heterocycles. The predicted molar refractivity (Wildman–Crippen MR) is 61.6 cm³/mol. The molecular weight excluding hydrogens is 186 g/mol. The molecule has 0 bridgehead atoms. The molecule has 1 aromatic rings. The van der Waals surface area contributed by atoms with Crippen molar-refractivity contribution >= 4 is 0 Å². The van der Waals surface area contributed by atoms with Crippen molar-refractivity contribution in [3.8, 4) is 0 Å². The molecule has 3 N–H and O–H groups in total. The van der Waals surface area contributed by atoms with Crippen LogP contribution in [0.15, 0.2) is 30.3 Å². The summed E-state index contributed by atoms with van der Waals surface area (Å²) < 4.78 is 0. The minimum absolute atomic E-state index is 0.0734. The van der Waals surface area contributed by atoms with E-state index in [2.05, 4.69) is 12.1 Å². The highest BCUT2D eigenvalue weighted by atomic mass is 16.3. The average molecular weight is 205 g/mol. The van der Waals surface area contributed by atoms with Gasteiger partial charge in [0.2, 0.25) is 0 Å². The number of hydrogen-bond donors (Lipinski definition) is 2. The molecular formula is C13H19NO. The summed E-state index contributed by atoms with van der Waals surface area (Å²) in [5.41, 5.74) is 6.80. The molecule has 15 heavy (non-hydrogen) atoms. The van der Waals surface area contributed by atoms with Crippen molar-refractivity contribution in [2.45, 2.75) is 37.2 Å². The van der Waals surface area contributed by atoms with Crippen LogP contribution in [0.25, 0.3) is 0 Å². The first-order valence-corrected chi connectivity index (χ1v) is 5.73. The van der Waals surface area contributed by atoms with Crippen LogP contribution in [0.3, 0.4) is 0 Å². The van der Waals surface area contributed by atoms with Crippen LogP contribution in [-0.2, 0) is 5.41 Å². The van der Waals surface area contributed by atoms with Crippen molar-refractivity contribution in [2.24, 2.45) is 5.73 Å². The maximum Gasteiger partial charge on any atom is 0.0758 e. The lowest BCUT2D eigenvalue weighted by molar-refractivity contribution is 0.0899. The molecule has 0 aliphatic heterocycles. The van der Waals surface area contributed by atoms with E-state index >= 15 is 0 Å². The van der Waals surface area contributed by atoms with Gasteiger partial charge in [-0.05, 0) is 18.4 Å². The summed E-state index contributed by atoms with van der Waals surface area (Å²) in [6.45, 7) is 0.356. The van der Waals surface area contributed by atoms with Crippen molar-refractivity contribution in [3.63, 3.8) is 0 Å². The van der Waals surface area contributed by atoms with Crippen LogP contribution in [0.4, 0.5) is 0 Å². The minimum Gasteiger partial charge on any atom is -0.391 e. The van der Waals surface area contributed by atoms with Gasteiger partial charge in [-0.2, -0.15) is 0 Å². The summed E-state index contributed by atoms with van der Waals surface area (Å²) in [6.07, 6.45) is 4.13. The number of hydrogen-bond acceptors (Lipinski definition) is 2. The van der Waals surface area contributed by atoms with Crippen molar-refractivity contribution in [3.05, 3.63) is 35.9 Å². The van der Waals surface area contributed by atoms with Gasteiger partial charge in [0.25, 0.3) is 0 Å². The zero-order valence-electron chi connectivity index (χ0n) is 9.02. The smallest absolute Gasteiger partial charge is 0.0758 e. The molecule has 0 heterocycles. The Morgan fingerprint density at radius 1 is 1.20 bits per heavy atom. The zero-order valence-corrected chi connectivity index (χ0v) is 9.02. The van der Waals surface area contributed by atoms with Crippen LogP contribution in [0.1, 0.15) is 31.2 Å². The summed E-state index contributed by atoms with van der Waals surface area (Å²) in [4.78, 5) is 0. The van der Waals surface area contributed by atoms with Gasteiger partial charge >= 0.3 is 0 Å². The molecule has 0 aromatic heterocycles. The van der Waals surface area contributed by atoms with Gasteiger partial charge in [0.1, 0.15) is 0 Å². The van der Waals surface area contributed by atoms with Gasteiger partial charge in [-0.3, -0.25) is 0 Å². The monoisotopic (exact) mass is 205 g/mol. The van der Waals surface area contributed by atoms with Crippen LogP contribution in [-0.4, -0.2) is 17.8 Å². The van der Waals surface area contributed by atoms with E-state index < -0.39 is 6.10 Å². The molecule has 1 fully saturated rings. The maximum absolute atomic E-state index is 10.1. The lowest BCUT2D eigenvalue weighted by Crippen LogP contribution is -2.41. The SMILES string of the molecule is NCC(O)C1(c2ccccc2)CCCC1. The van der Waals surface area contributed by atoms with Gasteiger partial charge in [0.15, 0.2) is 0 Å². The molecule has 1 saturated carbocycles. The predicted octanol–water partition coefficient (Wildman–Crippen LogP) is 1.82. The van der Waals surface area contributed by atoms with Crippen molar-refractivity contribution < 1.29 is 5.11 Å². The Hall–Kier alpha value is -0.860. The van der Waals surface area contributed by atoms with Crippen LogP contribution < -0.4 is 5.73 Å². The van der Waals surface area contributed by atoms with E-state index in [9.17, 15) is 5.11 Å². The van der Waals surface area contributed by atoms with E-state index in [4.69, 9.17) is 5.73 Å². The number of benzene rings is 1. The summed E-state index contributed by atoms with van der Waals surface area (Å²) in [6, 6.07) is 10.3. The topological polar surface area (TPSA) is 46.2 Å². The Morgan fingerprint density at radius 2 is 1.80 bits per heavy atom. The fraction of sp³-hybridized carbons (Fsp3) is 0.538. The Labute approximate surface area is 91.1 Å². The number of aliphatic hydroxyl groups excluding tert-OH is 1. The summed E-state index contributed by atoms with van der Waals surface area (Å²) in [5, 5.41) is 10.1. The lowest BCUT2D eigenvalue weighted by Gasteiger charge is -2.34. The maximum atomic E-state index is 10.1. The Bertz CT molecular complexity index is 304. The first-order chi connectivity index (χ1) is 7.29. The molecule has 2 rings (SSSR count). The van der Waals surface area contributed by atoms with Gasteiger partial charge in [0, 0.05) is 12.0 Å². The van der Waals surface area contributed by atoms with E-state index in [1.807, 2.05) is 18.2 Å². The van der Waals surface area contributed by atoms with Gasteiger partial charge in [0.05, 0.1) is 6.10 Å². The average Bonchev–Trinajstić information content (AvgIpc) is 2.79. The number of rotatable bonds is 3. The molecule has 1 aromatic carbocycles. The molecule has 1 aliphatic rings. The summed E-state index contributed by atoms with van der Waals surface area (Å²) in [5.74, 6) is 0. The Balaban J connectivity index is 2.35. The zero-order chi connectivity index (χ0) is 10.7. The molecule has 2 heteroatoms. The minimum atomic E-state index is -0.401. The Morgan fingerprint density at radius 3 is 2.33 bits per heavy atom. The summed E-state index contributed by atoms with van der Waals surface area (Å²) in [7, 11) is 0. The molecule has 82 valence electrons. The fourth-order valence-electron chi connectivity index (χ4n) is 2.82. The van der Waals surface area contributed by atoms with E-state index in [0.29, 0.717) is 6.54 Å². The summed E-state index contributed by atoms with van der Waals surface area (Å²) >= 11 is 0. The third-order valence-corrected chi connectivity index (χ3v) is 3.71. The van der Waals surface area contributed by atoms with Crippen molar-refractivity contribution in [2.75, 3.05) is 6.54 Å². The number of aliphatic hydroxyl groups is 1. The van der Waals surface area contributed by atoms with Gasteiger partial charge < -0.3 is 10.8 Å². The van der Waals surface area contributed by atoms with Gasteiger partial charge in [-0.15, -0.1) is 0 Å². The molecule has 1 aliphatic carbocycles. The molecule has 1 atom stereocenters. The third-order valence-electron chi connectivity index (χ3n) is 3.71.